The molecule has 0 saturated heterocycles. The molecule has 20 heavy (non-hydrogen) atoms. The highest BCUT2D eigenvalue weighted by atomic mass is 16.5. The van der Waals surface area contributed by atoms with Crippen LogP contribution in [0.2, 0.25) is 0 Å². The zero-order valence-corrected chi connectivity index (χ0v) is 13.2. The summed E-state index contributed by atoms with van der Waals surface area (Å²) in [5.41, 5.74) is 0.338. The van der Waals surface area contributed by atoms with E-state index < -0.39 is 5.60 Å². The van der Waals surface area contributed by atoms with Gasteiger partial charge in [0, 0.05) is 0 Å². The summed E-state index contributed by atoms with van der Waals surface area (Å²) in [6.07, 6.45) is 4.24. The Hall–Kier alpha value is -1.02. The Morgan fingerprint density at radius 3 is 2.65 bits per heavy atom. The van der Waals surface area contributed by atoms with Crippen LogP contribution in [-0.4, -0.2) is 11.2 Å². The van der Waals surface area contributed by atoms with Crippen LogP contribution < -0.4 is 4.74 Å². The molecule has 1 aromatic rings. The fraction of sp³-hybridized carbons (Fsp3) is 0.667. The molecule has 0 spiro atoms. The summed E-state index contributed by atoms with van der Waals surface area (Å²) in [4.78, 5) is 0. The minimum atomic E-state index is -0.677. The predicted octanol–water partition coefficient (Wildman–Crippen LogP) is 4.51. The lowest BCUT2D eigenvalue weighted by Gasteiger charge is -2.39. The number of hydrogen-bond donors (Lipinski definition) is 1. The lowest BCUT2D eigenvalue weighted by molar-refractivity contribution is -0.0297. The average molecular weight is 276 g/mol. The zero-order valence-electron chi connectivity index (χ0n) is 13.2. The maximum atomic E-state index is 11.1. The van der Waals surface area contributed by atoms with E-state index in [1.54, 1.807) is 0 Å². The Morgan fingerprint density at radius 2 is 2.00 bits per heavy atom. The van der Waals surface area contributed by atoms with Crippen molar-refractivity contribution in [2.75, 3.05) is 0 Å². The highest BCUT2D eigenvalue weighted by molar-refractivity contribution is 5.33. The molecule has 1 aliphatic carbocycles. The van der Waals surface area contributed by atoms with Crippen molar-refractivity contribution < 1.29 is 9.84 Å². The standard InChI is InChI=1S/C18H28O2/c1-13(2)15-7-6-10-18(19,12-15)16-8-5-9-17(11-16)20-14(3)4/h5,8-9,11,13-15,19H,6-7,10,12H2,1-4H3. The van der Waals surface area contributed by atoms with E-state index in [9.17, 15) is 5.11 Å². The molecule has 1 fully saturated rings. The summed E-state index contributed by atoms with van der Waals surface area (Å²) >= 11 is 0. The fourth-order valence-electron chi connectivity index (χ4n) is 3.26. The summed E-state index contributed by atoms with van der Waals surface area (Å²) < 4.78 is 5.75. The Morgan fingerprint density at radius 1 is 1.25 bits per heavy atom. The van der Waals surface area contributed by atoms with Crippen molar-refractivity contribution in [3.63, 3.8) is 0 Å². The molecule has 1 aliphatic rings. The first kappa shape index (κ1) is 15.4. The monoisotopic (exact) mass is 276 g/mol. The van der Waals surface area contributed by atoms with Gasteiger partial charge in [0.25, 0.3) is 0 Å². The van der Waals surface area contributed by atoms with Crippen molar-refractivity contribution in [2.24, 2.45) is 11.8 Å². The number of benzene rings is 1. The Balaban J connectivity index is 2.20. The van der Waals surface area contributed by atoms with Gasteiger partial charge in [-0.3, -0.25) is 0 Å². The van der Waals surface area contributed by atoms with Crippen LogP contribution in [0.4, 0.5) is 0 Å². The molecule has 1 saturated carbocycles. The molecule has 1 aromatic carbocycles. The van der Waals surface area contributed by atoms with Gasteiger partial charge in [-0.25, -0.2) is 0 Å². The van der Waals surface area contributed by atoms with E-state index in [4.69, 9.17) is 4.74 Å². The smallest absolute Gasteiger partial charge is 0.120 e. The number of ether oxygens (including phenoxy) is 1. The van der Waals surface area contributed by atoms with Crippen LogP contribution >= 0.6 is 0 Å². The van der Waals surface area contributed by atoms with Gasteiger partial charge in [-0.15, -0.1) is 0 Å². The zero-order chi connectivity index (χ0) is 14.8. The van der Waals surface area contributed by atoms with Crippen molar-refractivity contribution in [1.29, 1.82) is 0 Å². The molecule has 112 valence electrons. The van der Waals surface area contributed by atoms with Crippen molar-refractivity contribution in [1.82, 2.24) is 0 Å². The topological polar surface area (TPSA) is 29.5 Å². The maximum Gasteiger partial charge on any atom is 0.120 e. The largest absolute Gasteiger partial charge is 0.491 e. The molecule has 2 unspecified atom stereocenters. The molecule has 0 radical (unpaired) electrons. The number of hydrogen-bond acceptors (Lipinski definition) is 2. The quantitative estimate of drug-likeness (QED) is 0.877. The predicted molar refractivity (Wildman–Crippen MR) is 82.9 cm³/mol. The third-order valence-electron chi connectivity index (χ3n) is 4.45. The molecular formula is C18H28O2. The molecule has 1 N–H and O–H groups in total. The summed E-state index contributed by atoms with van der Waals surface area (Å²) in [5.74, 6) is 2.11. The van der Waals surface area contributed by atoms with Crippen molar-refractivity contribution in [3.8, 4) is 5.75 Å². The van der Waals surface area contributed by atoms with Gasteiger partial charge in [0.1, 0.15) is 5.75 Å². The van der Waals surface area contributed by atoms with Crippen LogP contribution in [-0.2, 0) is 5.60 Å². The van der Waals surface area contributed by atoms with Crippen LogP contribution in [0.3, 0.4) is 0 Å². The molecular weight excluding hydrogens is 248 g/mol. The highest BCUT2D eigenvalue weighted by Crippen LogP contribution is 2.43. The van der Waals surface area contributed by atoms with Gasteiger partial charge in [-0.2, -0.15) is 0 Å². The van der Waals surface area contributed by atoms with Gasteiger partial charge in [0.15, 0.2) is 0 Å². The molecule has 0 aliphatic heterocycles. The number of rotatable bonds is 4. The minimum absolute atomic E-state index is 0.162. The van der Waals surface area contributed by atoms with Crippen LogP contribution in [0.1, 0.15) is 58.9 Å². The van der Waals surface area contributed by atoms with Crippen molar-refractivity contribution >= 4 is 0 Å². The molecule has 2 heteroatoms. The minimum Gasteiger partial charge on any atom is -0.491 e. The van der Waals surface area contributed by atoms with Crippen LogP contribution in [0.15, 0.2) is 24.3 Å². The summed E-state index contributed by atoms with van der Waals surface area (Å²) in [7, 11) is 0. The second-order valence-electron chi connectivity index (χ2n) is 6.83. The Bertz CT molecular complexity index is 439. The van der Waals surface area contributed by atoms with Crippen LogP contribution in [0.25, 0.3) is 0 Å². The first-order valence-electron chi connectivity index (χ1n) is 7.90. The fourth-order valence-corrected chi connectivity index (χ4v) is 3.26. The van der Waals surface area contributed by atoms with Crippen molar-refractivity contribution in [2.45, 2.75) is 65.1 Å². The summed E-state index contributed by atoms with van der Waals surface area (Å²) in [6.45, 7) is 8.57. The number of aliphatic hydroxyl groups is 1. The van der Waals surface area contributed by atoms with E-state index in [2.05, 4.69) is 13.8 Å². The second kappa shape index (κ2) is 6.17. The van der Waals surface area contributed by atoms with Gasteiger partial charge in [-0.1, -0.05) is 26.0 Å². The lowest BCUT2D eigenvalue weighted by Crippen LogP contribution is -2.34. The van der Waals surface area contributed by atoms with E-state index >= 15 is 0 Å². The van der Waals surface area contributed by atoms with E-state index in [0.717, 1.165) is 30.6 Å². The van der Waals surface area contributed by atoms with Crippen LogP contribution in [0, 0.1) is 11.8 Å². The Labute approximate surface area is 123 Å². The molecule has 2 nitrogen and oxygen atoms in total. The molecule has 0 heterocycles. The first-order valence-corrected chi connectivity index (χ1v) is 7.90. The lowest BCUT2D eigenvalue weighted by atomic mass is 9.71. The normalized spacial score (nSPS) is 27.1. The molecule has 0 amide bonds. The average Bonchev–Trinajstić information content (AvgIpc) is 2.38. The second-order valence-corrected chi connectivity index (χ2v) is 6.83. The van der Waals surface area contributed by atoms with E-state index in [1.807, 2.05) is 38.1 Å². The van der Waals surface area contributed by atoms with Gasteiger partial charge in [0.2, 0.25) is 0 Å². The van der Waals surface area contributed by atoms with Gasteiger partial charge in [0.05, 0.1) is 11.7 Å². The molecule has 0 aromatic heterocycles. The molecule has 2 rings (SSSR count). The van der Waals surface area contributed by atoms with E-state index in [-0.39, 0.29) is 6.10 Å². The Kier molecular flexibility index (Phi) is 4.74. The molecule has 2 atom stereocenters. The van der Waals surface area contributed by atoms with Crippen molar-refractivity contribution in [3.05, 3.63) is 29.8 Å². The third-order valence-corrected chi connectivity index (χ3v) is 4.45. The van der Waals surface area contributed by atoms with E-state index in [0.29, 0.717) is 11.8 Å². The van der Waals surface area contributed by atoms with E-state index in [1.165, 1.54) is 6.42 Å². The van der Waals surface area contributed by atoms with Gasteiger partial charge >= 0.3 is 0 Å². The van der Waals surface area contributed by atoms with Gasteiger partial charge in [-0.05, 0) is 69.1 Å². The first-order chi connectivity index (χ1) is 9.40. The maximum absolute atomic E-state index is 11.1. The highest BCUT2D eigenvalue weighted by Gasteiger charge is 2.36. The van der Waals surface area contributed by atoms with Gasteiger partial charge < -0.3 is 9.84 Å². The third kappa shape index (κ3) is 3.54. The van der Waals surface area contributed by atoms with Crippen LogP contribution in [0.5, 0.6) is 5.75 Å². The summed E-state index contributed by atoms with van der Waals surface area (Å²) in [6, 6.07) is 8.01. The summed E-state index contributed by atoms with van der Waals surface area (Å²) in [5, 5.41) is 11.1. The SMILES string of the molecule is CC(C)Oc1cccc(C2(O)CCCC(C(C)C)C2)c1. The molecule has 0 bridgehead atoms.